The van der Waals surface area contributed by atoms with E-state index < -0.39 is 26.7 Å². The maximum atomic E-state index is 13.0. The molecule has 5 N–H and O–H groups in total. The van der Waals surface area contributed by atoms with Gasteiger partial charge in [-0.05, 0) is 48.6 Å². The summed E-state index contributed by atoms with van der Waals surface area (Å²) < 4.78 is 65.1. The number of carbonyl (C=O) groups is 1. The highest BCUT2D eigenvalue weighted by Gasteiger charge is 2.65. The van der Waals surface area contributed by atoms with Gasteiger partial charge in [-0.15, -0.1) is 0 Å². The molecule has 1 aliphatic rings. The number of H-pyrrole nitrogens is 1. The molecule has 0 spiro atoms. The van der Waals surface area contributed by atoms with E-state index in [1.54, 1.807) is 6.20 Å². The van der Waals surface area contributed by atoms with Gasteiger partial charge in [-0.1, -0.05) is 19.4 Å². The summed E-state index contributed by atoms with van der Waals surface area (Å²) >= 11 is 0. The number of aromatic amines is 1. The van der Waals surface area contributed by atoms with Crippen molar-refractivity contribution in [3.63, 3.8) is 0 Å². The van der Waals surface area contributed by atoms with Crippen LogP contribution < -0.4 is 11.1 Å². The third-order valence-electron chi connectivity index (χ3n) is 5.74. The molecule has 1 fully saturated rings. The van der Waals surface area contributed by atoms with Crippen LogP contribution in [0.2, 0.25) is 0 Å². The zero-order chi connectivity index (χ0) is 24.8. The molecule has 4 rings (SSSR count). The van der Waals surface area contributed by atoms with Crippen LogP contribution in [-0.2, 0) is 0 Å². The second-order valence-corrected chi connectivity index (χ2v) is 10.5. The lowest BCUT2D eigenvalue weighted by Gasteiger charge is -2.40. The molecule has 14 heteroatoms. The normalized spacial score (nSPS) is 17.4. The first-order valence-corrected chi connectivity index (χ1v) is 12.3. The first-order chi connectivity index (χ1) is 15.8. The molecular formula is C20H23F5N6O2S. The summed E-state index contributed by atoms with van der Waals surface area (Å²) in [5.74, 6) is -0.0849. The number of piperidine rings is 1. The SMILES string of the molecule is Nc1cc(S(F)(F)(F)(F)F)ccc1C(=O)N1CCC(c2ccnc3[nH]c(NCCO)nc23)CC1. The average Bonchev–Trinajstić information content (AvgIpc) is 3.19. The topological polar surface area (TPSA) is 120 Å². The van der Waals surface area contributed by atoms with Crippen LogP contribution in [0.4, 0.5) is 31.1 Å². The lowest BCUT2D eigenvalue weighted by Crippen LogP contribution is -2.38. The number of rotatable bonds is 6. The summed E-state index contributed by atoms with van der Waals surface area (Å²) in [5.41, 5.74) is 6.85. The molecule has 1 amide bonds. The fourth-order valence-corrected chi connectivity index (χ4v) is 4.73. The van der Waals surface area contributed by atoms with E-state index in [2.05, 4.69) is 20.3 Å². The van der Waals surface area contributed by atoms with Crippen molar-refractivity contribution in [1.29, 1.82) is 0 Å². The summed E-state index contributed by atoms with van der Waals surface area (Å²) in [5, 5.41) is 11.9. The molecule has 0 atom stereocenters. The van der Waals surface area contributed by atoms with Crippen LogP contribution in [-0.4, -0.2) is 57.1 Å². The molecule has 0 saturated carbocycles. The fraction of sp³-hybridized carbons (Fsp3) is 0.350. The van der Waals surface area contributed by atoms with Gasteiger partial charge in [-0.2, -0.15) is 0 Å². The van der Waals surface area contributed by atoms with Crippen LogP contribution in [0.25, 0.3) is 11.2 Å². The first-order valence-electron chi connectivity index (χ1n) is 10.4. The van der Waals surface area contributed by atoms with Crippen molar-refractivity contribution in [2.24, 2.45) is 0 Å². The predicted octanol–water partition coefficient (Wildman–Crippen LogP) is 4.62. The number of hydrogen-bond acceptors (Lipinski definition) is 6. The number of benzene rings is 1. The second-order valence-electron chi connectivity index (χ2n) is 8.12. The van der Waals surface area contributed by atoms with Crippen molar-refractivity contribution < 1.29 is 29.3 Å². The summed E-state index contributed by atoms with van der Waals surface area (Å²) in [7, 11) is -9.89. The van der Waals surface area contributed by atoms with Gasteiger partial charge in [-0.25, -0.2) is 9.97 Å². The van der Waals surface area contributed by atoms with Gasteiger partial charge in [-0.3, -0.25) is 4.79 Å². The van der Waals surface area contributed by atoms with Crippen LogP contribution >= 0.6 is 10.2 Å². The average molecular weight is 507 g/mol. The predicted molar refractivity (Wildman–Crippen MR) is 120 cm³/mol. The van der Waals surface area contributed by atoms with Crippen LogP contribution in [0.3, 0.4) is 0 Å². The molecule has 34 heavy (non-hydrogen) atoms. The molecule has 0 radical (unpaired) electrons. The minimum atomic E-state index is -9.89. The highest BCUT2D eigenvalue weighted by molar-refractivity contribution is 8.45. The number of imidazole rings is 1. The Bertz CT molecular complexity index is 1240. The number of amides is 1. The van der Waals surface area contributed by atoms with Gasteiger partial charge >= 0.3 is 10.2 Å². The van der Waals surface area contributed by atoms with E-state index in [-0.39, 0.29) is 30.2 Å². The number of halogens is 5. The van der Waals surface area contributed by atoms with Gasteiger partial charge in [0.25, 0.3) is 5.91 Å². The molecule has 3 heterocycles. The summed E-state index contributed by atoms with van der Waals surface area (Å²) in [4.78, 5) is 23.9. The minimum Gasteiger partial charge on any atom is -0.398 e. The van der Waals surface area contributed by atoms with E-state index in [0.717, 1.165) is 5.56 Å². The van der Waals surface area contributed by atoms with E-state index in [4.69, 9.17) is 10.8 Å². The van der Waals surface area contributed by atoms with E-state index in [9.17, 15) is 24.2 Å². The van der Waals surface area contributed by atoms with E-state index in [0.29, 0.717) is 55.7 Å². The third-order valence-corrected chi connectivity index (χ3v) is 6.89. The number of aliphatic hydroxyl groups is 1. The molecule has 1 saturated heterocycles. The first kappa shape index (κ1) is 24.0. The van der Waals surface area contributed by atoms with Gasteiger partial charge in [0.05, 0.1) is 12.2 Å². The number of nitrogens with two attached hydrogens (primary N) is 1. The fourth-order valence-electron chi connectivity index (χ4n) is 4.06. The minimum absolute atomic E-state index is 0.0522. The Morgan fingerprint density at radius 2 is 1.91 bits per heavy atom. The van der Waals surface area contributed by atoms with Crippen LogP contribution in [0.5, 0.6) is 0 Å². The molecular weight excluding hydrogens is 483 g/mol. The number of nitrogens with one attached hydrogen (secondary N) is 2. The van der Waals surface area contributed by atoms with Crippen LogP contribution in [0.1, 0.15) is 34.7 Å². The van der Waals surface area contributed by atoms with Gasteiger partial charge in [0.2, 0.25) is 5.95 Å². The maximum Gasteiger partial charge on any atom is 0.310 e. The van der Waals surface area contributed by atoms with Gasteiger partial charge in [0.1, 0.15) is 10.4 Å². The summed E-state index contributed by atoms with van der Waals surface area (Å²) in [6, 6.07) is 2.87. The monoisotopic (exact) mass is 506 g/mol. The van der Waals surface area contributed by atoms with Crippen molar-refractivity contribution in [1.82, 2.24) is 19.9 Å². The quantitative estimate of drug-likeness (QED) is 0.286. The molecule has 1 aromatic carbocycles. The molecule has 0 unspecified atom stereocenters. The Morgan fingerprint density at radius 1 is 1.21 bits per heavy atom. The molecule has 186 valence electrons. The van der Waals surface area contributed by atoms with Gasteiger partial charge in [0, 0.05) is 31.5 Å². The summed E-state index contributed by atoms with van der Waals surface area (Å²) in [6.45, 7) is 0.866. The maximum absolute atomic E-state index is 13.0. The highest BCUT2D eigenvalue weighted by atomic mass is 32.5. The van der Waals surface area contributed by atoms with Crippen molar-refractivity contribution >= 4 is 38.9 Å². The second kappa shape index (κ2) is 7.70. The number of fused-ring (bicyclic) bond motifs is 1. The number of nitrogens with zero attached hydrogens (tertiary/aromatic N) is 3. The number of nitrogen functional groups attached to an aromatic ring is 1. The molecule has 0 aliphatic carbocycles. The lowest BCUT2D eigenvalue weighted by molar-refractivity contribution is 0.0714. The van der Waals surface area contributed by atoms with Gasteiger partial charge in [0.15, 0.2) is 5.65 Å². The molecule has 3 aromatic rings. The molecule has 0 bridgehead atoms. The lowest BCUT2D eigenvalue weighted by atomic mass is 9.89. The number of hydrogen-bond donors (Lipinski definition) is 4. The smallest absolute Gasteiger partial charge is 0.310 e. The van der Waals surface area contributed by atoms with Crippen LogP contribution in [0, 0.1) is 0 Å². The highest BCUT2D eigenvalue weighted by Crippen LogP contribution is 3.02. The van der Waals surface area contributed by atoms with E-state index in [1.165, 1.54) is 4.90 Å². The Hall–Kier alpha value is -3.13. The zero-order valence-corrected chi connectivity index (χ0v) is 18.6. The Labute approximate surface area is 191 Å². The van der Waals surface area contributed by atoms with Crippen molar-refractivity contribution in [3.05, 3.63) is 41.6 Å². The zero-order valence-electron chi connectivity index (χ0n) is 17.8. The van der Waals surface area contributed by atoms with Crippen LogP contribution in [0.15, 0.2) is 35.4 Å². The Balaban J connectivity index is 1.48. The number of pyridine rings is 1. The summed E-state index contributed by atoms with van der Waals surface area (Å²) in [6.07, 6.45) is 2.76. The largest absolute Gasteiger partial charge is 0.398 e. The van der Waals surface area contributed by atoms with Crippen molar-refractivity contribution in [2.75, 3.05) is 37.3 Å². The standard InChI is InChI=1S/C20H23F5N6O2S/c21-34(22,23,24,25)13-1-2-15(16(26)11-13)19(33)31-8-4-12(5-9-31)14-3-6-27-18-17(14)29-20(30-18)28-7-10-32/h1-3,6,11-12,32H,4-5,7-10,26H2,(H2,27,28,29,30). The van der Waals surface area contributed by atoms with E-state index in [1.807, 2.05) is 6.07 Å². The molecule has 8 nitrogen and oxygen atoms in total. The number of carbonyl (C=O) groups excluding carboxylic acids is 1. The number of likely N-dealkylation sites (tertiary alicyclic amines) is 1. The van der Waals surface area contributed by atoms with E-state index >= 15 is 0 Å². The number of anilines is 2. The van der Waals surface area contributed by atoms with Gasteiger partial charge < -0.3 is 26.0 Å². The number of aliphatic hydroxyl groups excluding tert-OH is 1. The van der Waals surface area contributed by atoms with Crippen molar-refractivity contribution in [3.8, 4) is 0 Å². The van der Waals surface area contributed by atoms with Crippen molar-refractivity contribution in [2.45, 2.75) is 23.7 Å². The molecule has 2 aromatic heterocycles. The molecule has 1 aliphatic heterocycles. The number of aromatic nitrogens is 3. The Morgan fingerprint density at radius 3 is 2.53 bits per heavy atom. The Kier molecular flexibility index (Phi) is 5.44. The third kappa shape index (κ3) is 4.87.